The normalized spacial score (nSPS) is 9.14. The van der Waals surface area contributed by atoms with Crippen LogP contribution in [0.2, 0.25) is 5.02 Å². The van der Waals surface area contributed by atoms with Gasteiger partial charge in [0.05, 0.1) is 16.1 Å². The van der Waals surface area contributed by atoms with Crippen LogP contribution in [0.3, 0.4) is 0 Å². The molecule has 1 aromatic rings. The van der Waals surface area contributed by atoms with Gasteiger partial charge in [-0.3, -0.25) is 4.79 Å². The lowest BCUT2D eigenvalue weighted by atomic mass is 10.1. The molecule has 1 aromatic carbocycles. The summed E-state index contributed by atoms with van der Waals surface area (Å²) in [5, 5.41) is 17.3. The van der Waals surface area contributed by atoms with Crippen molar-refractivity contribution in [1.82, 2.24) is 0 Å². The van der Waals surface area contributed by atoms with Crippen LogP contribution in [0.5, 0.6) is 0 Å². The van der Waals surface area contributed by atoms with E-state index >= 15 is 0 Å². The van der Waals surface area contributed by atoms with Crippen LogP contribution in [0.25, 0.3) is 0 Å². The Labute approximate surface area is 84.3 Å². The SMILES string of the molecule is N#Cc1cc(C=O)c(Cl)cc1C(=O)O. The molecule has 0 spiro atoms. The number of benzene rings is 1. The number of rotatable bonds is 2. The van der Waals surface area contributed by atoms with Gasteiger partial charge in [-0.2, -0.15) is 5.26 Å². The Kier molecular flexibility index (Phi) is 2.85. The number of carbonyl (C=O) groups is 2. The molecular formula is C9H4ClNO3. The molecule has 14 heavy (non-hydrogen) atoms. The molecule has 0 saturated carbocycles. The standard InChI is InChI=1S/C9H4ClNO3/c10-8-2-7(9(13)14)5(3-11)1-6(8)4-12/h1-2,4H,(H,13,14). The lowest BCUT2D eigenvalue weighted by Gasteiger charge is -2.01. The molecule has 0 aliphatic rings. The smallest absolute Gasteiger partial charge is 0.337 e. The van der Waals surface area contributed by atoms with Crippen LogP contribution in [0.1, 0.15) is 26.3 Å². The molecule has 0 amide bonds. The van der Waals surface area contributed by atoms with Gasteiger partial charge in [-0.15, -0.1) is 0 Å². The molecule has 0 bridgehead atoms. The molecule has 1 N–H and O–H groups in total. The van der Waals surface area contributed by atoms with E-state index in [0.717, 1.165) is 12.1 Å². The maximum Gasteiger partial charge on any atom is 0.337 e. The first-order valence-corrected chi connectivity index (χ1v) is 3.90. The lowest BCUT2D eigenvalue weighted by molar-refractivity contribution is 0.0696. The van der Waals surface area contributed by atoms with Crippen molar-refractivity contribution in [1.29, 1.82) is 5.26 Å². The van der Waals surface area contributed by atoms with Crippen LogP contribution in [0.15, 0.2) is 12.1 Å². The Hall–Kier alpha value is -1.86. The summed E-state index contributed by atoms with van der Waals surface area (Å²) in [5.41, 5.74) is -0.180. The second kappa shape index (κ2) is 3.90. The van der Waals surface area contributed by atoms with E-state index in [4.69, 9.17) is 22.0 Å². The number of carbonyl (C=O) groups excluding carboxylic acids is 1. The van der Waals surface area contributed by atoms with Gasteiger partial charge in [0.1, 0.15) is 6.07 Å². The number of nitriles is 1. The van der Waals surface area contributed by atoms with Crippen LogP contribution in [-0.2, 0) is 0 Å². The monoisotopic (exact) mass is 209 g/mol. The molecule has 0 aromatic heterocycles. The van der Waals surface area contributed by atoms with Crippen LogP contribution >= 0.6 is 11.6 Å². The topological polar surface area (TPSA) is 78.2 Å². The summed E-state index contributed by atoms with van der Waals surface area (Å²) in [7, 11) is 0. The Morgan fingerprint density at radius 3 is 2.64 bits per heavy atom. The lowest BCUT2D eigenvalue weighted by Crippen LogP contribution is -2.01. The first-order valence-electron chi connectivity index (χ1n) is 3.52. The Morgan fingerprint density at radius 2 is 2.21 bits per heavy atom. The fraction of sp³-hybridized carbons (Fsp3) is 0. The highest BCUT2D eigenvalue weighted by Gasteiger charge is 2.13. The average Bonchev–Trinajstić information content (AvgIpc) is 2.17. The molecular weight excluding hydrogens is 206 g/mol. The maximum absolute atomic E-state index is 10.6. The van der Waals surface area contributed by atoms with Crippen LogP contribution < -0.4 is 0 Å². The first kappa shape index (κ1) is 10.2. The van der Waals surface area contributed by atoms with Crippen molar-refractivity contribution in [3.05, 3.63) is 33.8 Å². The Balaban J connectivity index is 3.48. The number of hydrogen-bond acceptors (Lipinski definition) is 3. The minimum absolute atomic E-state index is 0.0244. The highest BCUT2D eigenvalue weighted by Crippen LogP contribution is 2.20. The molecule has 4 nitrogen and oxygen atoms in total. The van der Waals surface area contributed by atoms with Crippen molar-refractivity contribution >= 4 is 23.9 Å². The Bertz CT molecular complexity index is 448. The van der Waals surface area contributed by atoms with E-state index in [9.17, 15) is 9.59 Å². The predicted molar refractivity (Wildman–Crippen MR) is 48.5 cm³/mol. The summed E-state index contributed by atoms with van der Waals surface area (Å²) in [6.45, 7) is 0. The molecule has 0 atom stereocenters. The van der Waals surface area contributed by atoms with Crippen LogP contribution in [0.4, 0.5) is 0 Å². The first-order chi connectivity index (χ1) is 6.60. The van der Waals surface area contributed by atoms with Gasteiger partial charge in [0.25, 0.3) is 0 Å². The summed E-state index contributed by atoms with van der Waals surface area (Å²) in [6.07, 6.45) is 0.467. The molecule has 0 aliphatic heterocycles. The molecule has 0 saturated heterocycles. The quantitative estimate of drug-likeness (QED) is 0.753. The third kappa shape index (κ3) is 1.73. The van der Waals surface area contributed by atoms with E-state index < -0.39 is 5.97 Å². The number of hydrogen-bond donors (Lipinski definition) is 1. The summed E-state index contributed by atoms with van der Waals surface area (Å²) >= 11 is 5.60. The number of aldehydes is 1. The van der Waals surface area contributed by atoms with E-state index in [-0.39, 0.29) is 21.7 Å². The third-order valence-electron chi connectivity index (χ3n) is 1.61. The van der Waals surface area contributed by atoms with Crippen molar-refractivity contribution in [2.75, 3.05) is 0 Å². The minimum Gasteiger partial charge on any atom is -0.478 e. The largest absolute Gasteiger partial charge is 0.478 e. The molecule has 0 aliphatic carbocycles. The van der Waals surface area contributed by atoms with E-state index in [1.54, 1.807) is 6.07 Å². The molecule has 70 valence electrons. The van der Waals surface area contributed by atoms with Gasteiger partial charge in [0.2, 0.25) is 0 Å². The van der Waals surface area contributed by atoms with Crippen molar-refractivity contribution in [2.45, 2.75) is 0 Å². The Morgan fingerprint density at radius 1 is 1.57 bits per heavy atom. The molecule has 5 heteroatoms. The number of carboxylic acids is 1. The van der Waals surface area contributed by atoms with E-state index in [1.165, 1.54) is 0 Å². The molecule has 0 radical (unpaired) electrons. The predicted octanol–water partition coefficient (Wildman–Crippen LogP) is 1.72. The van der Waals surface area contributed by atoms with Crippen molar-refractivity contribution < 1.29 is 14.7 Å². The highest BCUT2D eigenvalue weighted by molar-refractivity contribution is 6.33. The maximum atomic E-state index is 10.6. The van der Waals surface area contributed by atoms with Gasteiger partial charge in [-0.25, -0.2) is 4.79 Å². The van der Waals surface area contributed by atoms with Crippen molar-refractivity contribution in [2.24, 2.45) is 0 Å². The van der Waals surface area contributed by atoms with E-state index in [2.05, 4.69) is 0 Å². The summed E-state index contributed by atoms with van der Waals surface area (Å²) in [6, 6.07) is 3.92. The summed E-state index contributed by atoms with van der Waals surface area (Å²) < 4.78 is 0. The number of nitrogens with zero attached hydrogens (tertiary/aromatic N) is 1. The zero-order valence-electron chi connectivity index (χ0n) is 6.82. The number of halogens is 1. The zero-order valence-corrected chi connectivity index (χ0v) is 7.58. The minimum atomic E-state index is -1.25. The van der Waals surface area contributed by atoms with Crippen LogP contribution in [0, 0.1) is 11.3 Å². The van der Waals surface area contributed by atoms with Crippen molar-refractivity contribution in [3.8, 4) is 6.07 Å². The average molecular weight is 210 g/mol. The summed E-state index contributed by atoms with van der Waals surface area (Å²) in [5.74, 6) is -1.25. The van der Waals surface area contributed by atoms with Gasteiger partial charge in [0.15, 0.2) is 6.29 Å². The zero-order chi connectivity index (χ0) is 10.7. The molecule has 0 fully saturated rings. The van der Waals surface area contributed by atoms with Crippen LogP contribution in [-0.4, -0.2) is 17.4 Å². The van der Waals surface area contributed by atoms with Crippen molar-refractivity contribution in [3.63, 3.8) is 0 Å². The second-order valence-corrected chi connectivity index (χ2v) is 2.86. The summed E-state index contributed by atoms with van der Waals surface area (Å²) in [4.78, 5) is 21.1. The third-order valence-corrected chi connectivity index (χ3v) is 1.94. The van der Waals surface area contributed by atoms with Gasteiger partial charge in [-0.1, -0.05) is 11.6 Å². The van der Waals surface area contributed by atoms with Gasteiger partial charge in [0, 0.05) is 5.56 Å². The number of carboxylic acid groups (broad SMARTS) is 1. The van der Waals surface area contributed by atoms with E-state index in [1.807, 2.05) is 0 Å². The van der Waals surface area contributed by atoms with E-state index in [0.29, 0.717) is 6.29 Å². The molecule has 0 unspecified atom stereocenters. The highest BCUT2D eigenvalue weighted by atomic mass is 35.5. The van der Waals surface area contributed by atoms with Gasteiger partial charge >= 0.3 is 5.97 Å². The molecule has 1 rings (SSSR count). The molecule has 0 heterocycles. The second-order valence-electron chi connectivity index (χ2n) is 2.45. The number of aromatic carboxylic acids is 1. The fourth-order valence-electron chi connectivity index (χ4n) is 0.950. The van der Waals surface area contributed by atoms with Gasteiger partial charge in [-0.05, 0) is 12.1 Å². The fourth-order valence-corrected chi connectivity index (χ4v) is 1.16. The van der Waals surface area contributed by atoms with Gasteiger partial charge < -0.3 is 5.11 Å².